The first-order valence-corrected chi connectivity index (χ1v) is 7.53. The van der Waals surface area contributed by atoms with Crippen molar-refractivity contribution in [1.29, 1.82) is 0 Å². The van der Waals surface area contributed by atoms with E-state index in [0.717, 1.165) is 0 Å². The maximum absolute atomic E-state index is 8.64. The molecular weight excluding hydrogens is 262 g/mol. The summed E-state index contributed by atoms with van der Waals surface area (Å²) in [5.41, 5.74) is 0. The number of hydrogen-bond donors (Lipinski definition) is 0. The summed E-state index contributed by atoms with van der Waals surface area (Å²) in [7, 11) is 0. The Balaban J connectivity index is 0. The normalized spacial score (nSPS) is 10.0. The topological polar surface area (TPSA) is 171 Å². The zero-order chi connectivity index (χ0) is 10.9. The van der Waals surface area contributed by atoms with E-state index in [2.05, 4.69) is 0 Å². The Morgan fingerprint density at radius 3 is 0.333 bits per heavy atom. The van der Waals surface area contributed by atoms with Crippen LogP contribution in [-0.4, -0.2) is 0 Å². The van der Waals surface area contributed by atoms with Crippen molar-refractivity contribution in [2.75, 3.05) is 0 Å². The van der Waals surface area contributed by atoms with Gasteiger partial charge in [-0.1, -0.05) is 0 Å². The molecule has 12 heavy (non-hydrogen) atoms. The van der Waals surface area contributed by atoms with Gasteiger partial charge in [0.1, 0.15) is 0 Å². The van der Waals surface area contributed by atoms with Gasteiger partial charge in [-0.15, -0.1) is 0 Å². The van der Waals surface area contributed by atoms with Crippen LogP contribution in [0.2, 0.25) is 0 Å². The Hall–Kier alpha value is -0.831. The molecule has 0 aromatic heterocycles. The van der Waals surface area contributed by atoms with Crippen molar-refractivity contribution in [2.24, 2.45) is 0 Å². The molecule has 0 saturated heterocycles. The molecule has 0 heterocycles. The third-order valence-electron chi connectivity index (χ3n) is 0. The van der Waals surface area contributed by atoms with Crippen molar-refractivity contribution < 1.29 is 62.0 Å². The molecule has 0 fully saturated rings. The van der Waals surface area contributed by atoms with Crippen LogP contribution in [0.15, 0.2) is 0 Å². The summed E-state index contributed by atoms with van der Waals surface area (Å²) >= 11 is -15.5. The zero-order valence-corrected chi connectivity index (χ0v) is 7.77. The van der Waals surface area contributed by atoms with Crippen molar-refractivity contribution in [3.63, 3.8) is 0 Å². The van der Waals surface area contributed by atoms with E-state index in [1.54, 1.807) is 0 Å². The fourth-order valence-electron chi connectivity index (χ4n) is 0. The Morgan fingerprint density at radius 2 is 0.333 bits per heavy atom. The fraction of sp³-hybridized carbons (Fsp3) is 0. The average molecular weight is 262 g/mol. The van der Waals surface area contributed by atoms with Gasteiger partial charge in [-0.2, -0.15) is 0 Å². The summed E-state index contributed by atoms with van der Waals surface area (Å²) in [4.78, 5) is 0. The molecule has 0 N–H and O–H groups in total. The molecule has 0 saturated carbocycles. The van der Waals surface area contributed by atoms with Crippen LogP contribution in [-0.2, 0) is 62.0 Å². The van der Waals surface area contributed by atoms with Crippen LogP contribution in [0.3, 0.4) is 0 Å². The van der Waals surface area contributed by atoms with Crippen molar-refractivity contribution >= 4 is 0 Å². The van der Waals surface area contributed by atoms with Gasteiger partial charge in [-0.3, -0.25) is 0 Å². The van der Waals surface area contributed by atoms with E-state index in [-0.39, 0.29) is 0 Å². The van der Waals surface area contributed by atoms with Gasteiger partial charge < -0.3 is 0 Å². The fourth-order valence-corrected chi connectivity index (χ4v) is 0. The van der Waals surface area contributed by atoms with Gasteiger partial charge in [-0.25, -0.2) is 0 Å². The molecule has 0 aromatic rings. The number of rotatable bonds is 0. The summed E-state index contributed by atoms with van der Waals surface area (Å²) in [5.74, 6) is 0. The summed E-state index contributed by atoms with van der Waals surface area (Å²) in [6.07, 6.45) is 0. The van der Waals surface area contributed by atoms with E-state index in [1.807, 2.05) is 0 Å². The molecule has 0 unspecified atom stereocenters. The minimum atomic E-state index is -7.74. The molecule has 0 spiro atoms. The van der Waals surface area contributed by atoms with Crippen LogP contribution in [0.5, 0.6) is 0 Å². The first-order valence-electron chi connectivity index (χ1n) is 1.83. The summed E-state index contributed by atoms with van der Waals surface area (Å²) in [6.45, 7) is 0. The van der Waals surface area contributed by atoms with E-state index < -0.39 is 25.2 Å². The van der Waals surface area contributed by atoms with Crippen LogP contribution < -0.4 is 0 Å². The van der Waals surface area contributed by atoms with Crippen LogP contribution in [0.1, 0.15) is 0 Å². The Labute approximate surface area is 62.3 Å². The van der Waals surface area contributed by atoms with E-state index in [1.165, 1.54) is 0 Å². The third kappa shape index (κ3) is 886. The molecular formula is O10V2. The van der Waals surface area contributed by atoms with E-state index in [4.69, 9.17) is 36.7 Å². The second-order valence-corrected chi connectivity index (χ2v) is 6.15. The molecule has 0 radical (unpaired) electrons. The Kier molecular flexibility index (Phi) is 2.66. The van der Waals surface area contributed by atoms with Crippen molar-refractivity contribution in [2.45, 2.75) is 0 Å². The first kappa shape index (κ1) is 13.7. The van der Waals surface area contributed by atoms with Crippen LogP contribution >= 0.6 is 0 Å². The predicted octanol–water partition coefficient (Wildman–Crippen LogP) is -1.19. The third-order valence-corrected chi connectivity index (χ3v) is 0. The minimum absolute atomic E-state index is 7.74. The van der Waals surface area contributed by atoms with Crippen molar-refractivity contribution in [3.05, 3.63) is 0 Å². The molecule has 0 bridgehead atoms. The molecule has 0 aromatic carbocycles. The molecule has 12 heteroatoms. The van der Waals surface area contributed by atoms with Crippen LogP contribution in [0, 0.1) is 0 Å². The quantitative estimate of drug-likeness (QED) is 0.516. The molecule has 0 amide bonds. The van der Waals surface area contributed by atoms with Gasteiger partial charge in [0, 0.05) is 0 Å². The van der Waals surface area contributed by atoms with Gasteiger partial charge in [0.05, 0.1) is 0 Å². The summed E-state index contributed by atoms with van der Waals surface area (Å²) < 4.78 is 86.4. The zero-order valence-electron chi connectivity index (χ0n) is 4.98. The molecule has 70 valence electrons. The van der Waals surface area contributed by atoms with Gasteiger partial charge in [0.15, 0.2) is 0 Å². The maximum atomic E-state index is 8.64. The van der Waals surface area contributed by atoms with E-state index in [0.29, 0.717) is 0 Å². The second kappa shape index (κ2) is 2.33. The number of hydrogen-bond acceptors (Lipinski definition) is 10. The predicted molar refractivity (Wildman–Crippen MR) is 6.86 cm³/mol. The van der Waals surface area contributed by atoms with Gasteiger partial charge >= 0.3 is 62.0 Å². The van der Waals surface area contributed by atoms with E-state index >= 15 is 0 Å². The van der Waals surface area contributed by atoms with Gasteiger partial charge in [-0.05, 0) is 0 Å². The molecule has 0 aliphatic heterocycles. The van der Waals surface area contributed by atoms with Crippen LogP contribution in [0.4, 0.5) is 0 Å². The monoisotopic (exact) mass is 262 g/mol. The van der Waals surface area contributed by atoms with Crippen molar-refractivity contribution in [3.8, 4) is 0 Å². The summed E-state index contributed by atoms with van der Waals surface area (Å²) in [5, 5.41) is 0. The first-order chi connectivity index (χ1) is 4.47. The second-order valence-electron chi connectivity index (χ2n) is 1.49. The van der Waals surface area contributed by atoms with Gasteiger partial charge in [0.25, 0.3) is 0 Å². The molecule has 10 nitrogen and oxygen atoms in total. The van der Waals surface area contributed by atoms with Crippen molar-refractivity contribution in [1.82, 2.24) is 0 Å². The SMILES string of the molecule is [O]=[V](=[O])(=[O])(=[O])=[O].[O]=[V](=[O])(=[O])(=[O])=[O]. The molecule has 0 rings (SSSR count). The Morgan fingerprint density at radius 1 is 0.333 bits per heavy atom. The van der Waals surface area contributed by atoms with E-state index in [9.17, 15) is 0 Å². The molecule has 0 aliphatic carbocycles. The standard InChI is InChI=1S/10O.2V. The Bertz CT molecular complexity index is 637. The summed E-state index contributed by atoms with van der Waals surface area (Å²) in [6, 6.07) is 0. The van der Waals surface area contributed by atoms with Gasteiger partial charge in [0.2, 0.25) is 0 Å². The molecule has 0 atom stereocenters. The molecule has 0 aliphatic rings. The van der Waals surface area contributed by atoms with Crippen LogP contribution in [0.25, 0.3) is 0 Å². The average Bonchev–Trinajstić information content (AvgIpc) is 1.02.